The fraction of sp³-hybridized carbons (Fsp3) is 0.474. The van der Waals surface area contributed by atoms with Crippen molar-refractivity contribution in [3.63, 3.8) is 0 Å². The third-order valence-corrected chi connectivity index (χ3v) is 4.71. The Bertz CT molecular complexity index is 795. The van der Waals surface area contributed by atoms with Crippen molar-refractivity contribution in [2.45, 2.75) is 20.4 Å². The van der Waals surface area contributed by atoms with E-state index in [-0.39, 0.29) is 41.8 Å². The molecular formula is C19H27IN6O2. The number of ether oxygens (including phenoxy) is 1. The largest absolute Gasteiger partial charge is 0.469 e. The van der Waals surface area contributed by atoms with Crippen molar-refractivity contribution >= 4 is 35.9 Å². The number of halogens is 1. The summed E-state index contributed by atoms with van der Waals surface area (Å²) in [7, 11) is 1.44. The summed E-state index contributed by atoms with van der Waals surface area (Å²) < 4.78 is 6.65. The Balaban J connectivity index is 0.00000280. The lowest BCUT2D eigenvalue weighted by Crippen LogP contribution is -2.40. The summed E-state index contributed by atoms with van der Waals surface area (Å²) in [5.41, 5.74) is 1.04. The van der Waals surface area contributed by atoms with Crippen LogP contribution < -0.4 is 5.32 Å². The Morgan fingerprint density at radius 1 is 1.39 bits per heavy atom. The second-order valence-electron chi connectivity index (χ2n) is 6.66. The number of nitrogens with one attached hydrogen (secondary N) is 1. The summed E-state index contributed by atoms with van der Waals surface area (Å²) >= 11 is 0. The molecule has 2 unspecified atom stereocenters. The van der Waals surface area contributed by atoms with Crippen molar-refractivity contribution in [3.8, 4) is 5.82 Å². The number of guanidine groups is 1. The predicted octanol–water partition coefficient (Wildman–Crippen LogP) is 2.09. The van der Waals surface area contributed by atoms with Crippen molar-refractivity contribution in [1.82, 2.24) is 25.0 Å². The highest BCUT2D eigenvalue weighted by atomic mass is 127. The van der Waals surface area contributed by atoms with Crippen molar-refractivity contribution in [3.05, 3.63) is 42.4 Å². The van der Waals surface area contributed by atoms with Gasteiger partial charge in [0.05, 0.1) is 19.6 Å². The smallest absolute Gasteiger partial charge is 0.310 e. The third kappa shape index (κ3) is 5.21. The molecule has 0 radical (unpaired) electrons. The SMILES string of the molecule is CCNC(=NCc1ccnc(-n2cccn2)c1)N1CC(C)C(C(=O)OC)C1.I. The van der Waals surface area contributed by atoms with Gasteiger partial charge in [0.25, 0.3) is 0 Å². The number of methoxy groups -OCH3 is 1. The van der Waals surface area contributed by atoms with Gasteiger partial charge in [0, 0.05) is 38.2 Å². The quantitative estimate of drug-likeness (QED) is 0.294. The van der Waals surface area contributed by atoms with Gasteiger partial charge in [0.1, 0.15) is 0 Å². The van der Waals surface area contributed by atoms with E-state index in [1.165, 1.54) is 7.11 Å². The number of aromatic nitrogens is 3. The van der Waals surface area contributed by atoms with Gasteiger partial charge in [-0.05, 0) is 36.6 Å². The zero-order valence-corrected chi connectivity index (χ0v) is 18.7. The molecule has 1 N–H and O–H groups in total. The third-order valence-electron chi connectivity index (χ3n) is 4.71. The van der Waals surface area contributed by atoms with Crippen LogP contribution in [0.5, 0.6) is 0 Å². The molecule has 0 aliphatic carbocycles. The Morgan fingerprint density at radius 2 is 2.21 bits per heavy atom. The van der Waals surface area contributed by atoms with E-state index in [1.807, 2.05) is 31.3 Å². The number of aliphatic imine (C=N–C) groups is 1. The second-order valence-corrected chi connectivity index (χ2v) is 6.66. The number of hydrogen-bond acceptors (Lipinski definition) is 5. The fourth-order valence-electron chi connectivity index (χ4n) is 3.28. The van der Waals surface area contributed by atoms with Crippen molar-refractivity contribution < 1.29 is 9.53 Å². The van der Waals surface area contributed by atoms with Gasteiger partial charge in [-0.3, -0.25) is 4.79 Å². The molecule has 1 fully saturated rings. The van der Waals surface area contributed by atoms with Crippen LogP contribution in [0.25, 0.3) is 5.82 Å². The molecule has 28 heavy (non-hydrogen) atoms. The molecule has 0 amide bonds. The monoisotopic (exact) mass is 498 g/mol. The summed E-state index contributed by atoms with van der Waals surface area (Å²) in [6.45, 7) is 6.79. The maximum atomic E-state index is 12.0. The van der Waals surface area contributed by atoms with Crippen LogP contribution >= 0.6 is 24.0 Å². The van der Waals surface area contributed by atoms with E-state index < -0.39 is 0 Å². The van der Waals surface area contributed by atoms with Crippen LogP contribution in [0.2, 0.25) is 0 Å². The van der Waals surface area contributed by atoms with Crippen LogP contribution in [0.1, 0.15) is 19.4 Å². The van der Waals surface area contributed by atoms with Crippen LogP contribution in [0.15, 0.2) is 41.8 Å². The number of nitrogens with zero attached hydrogens (tertiary/aromatic N) is 5. The lowest BCUT2D eigenvalue weighted by atomic mass is 9.99. The molecule has 2 aromatic rings. The standard InChI is InChI=1S/C19H26N6O2.HI/c1-4-20-19(24-12-14(2)16(13-24)18(26)27-3)22-11-15-6-8-21-17(10-15)25-9-5-7-23-25;/h5-10,14,16H,4,11-13H2,1-3H3,(H,20,22);1H. The van der Waals surface area contributed by atoms with E-state index in [0.717, 1.165) is 30.4 Å². The van der Waals surface area contributed by atoms with E-state index in [4.69, 9.17) is 9.73 Å². The lowest BCUT2D eigenvalue weighted by Gasteiger charge is -2.21. The minimum atomic E-state index is -0.154. The van der Waals surface area contributed by atoms with Crippen molar-refractivity contribution in [2.24, 2.45) is 16.8 Å². The second kappa shape index (κ2) is 10.4. The van der Waals surface area contributed by atoms with Gasteiger partial charge in [0.15, 0.2) is 11.8 Å². The predicted molar refractivity (Wildman–Crippen MR) is 118 cm³/mol. The van der Waals surface area contributed by atoms with Crippen molar-refractivity contribution in [1.29, 1.82) is 0 Å². The van der Waals surface area contributed by atoms with Crippen LogP contribution in [0, 0.1) is 11.8 Å². The molecule has 0 saturated carbocycles. The highest BCUT2D eigenvalue weighted by Gasteiger charge is 2.36. The zero-order chi connectivity index (χ0) is 19.2. The van der Waals surface area contributed by atoms with Gasteiger partial charge < -0.3 is 15.0 Å². The minimum Gasteiger partial charge on any atom is -0.469 e. The first-order valence-electron chi connectivity index (χ1n) is 9.18. The summed E-state index contributed by atoms with van der Waals surface area (Å²) in [5, 5.41) is 7.54. The molecule has 3 rings (SSSR count). The summed E-state index contributed by atoms with van der Waals surface area (Å²) in [6, 6.07) is 5.79. The van der Waals surface area contributed by atoms with Crippen molar-refractivity contribution in [2.75, 3.05) is 26.7 Å². The molecule has 0 spiro atoms. The number of hydrogen-bond donors (Lipinski definition) is 1. The summed E-state index contributed by atoms with van der Waals surface area (Å²) in [4.78, 5) is 23.2. The molecule has 1 saturated heterocycles. The first-order valence-corrected chi connectivity index (χ1v) is 9.18. The zero-order valence-electron chi connectivity index (χ0n) is 16.4. The number of rotatable bonds is 5. The Labute approximate surface area is 182 Å². The average molecular weight is 498 g/mol. The molecule has 0 aromatic carbocycles. The molecular weight excluding hydrogens is 471 g/mol. The Kier molecular flexibility index (Phi) is 8.21. The number of likely N-dealkylation sites (tertiary alicyclic amines) is 1. The van der Waals surface area contributed by atoms with Gasteiger partial charge >= 0.3 is 5.97 Å². The van der Waals surface area contributed by atoms with Crippen LogP contribution in [0.4, 0.5) is 0 Å². The van der Waals surface area contributed by atoms with Gasteiger partial charge in [-0.1, -0.05) is 6.92 Å². The maximum Gasteiger partial charge on any atom is 0.310 e. The molecule has 1 aliphatic heterocycles. The van der Waals surface area contributed by atoms with E-state index in [2.05, 4.69) is 27.2 Å². The van der Waals surface area contributed by atoms with Gasteiger partial charge in [0.2, 0.25) is 0 Å². The first-order chi connectivity index (χ1) is 13.1. The Morgan fingerprint density at radius 3 is 2.89 bits per heavy atom. The molecule has 9 heteroatoms. The number of carbonyl (C=O) groups excluding carboxylic acids is 1. The minimum absolute atomic E-state index is 0. The fourth-order valence-corrected chi connectivity index (χ4v) is 3.28. The maximum absolute atomic E-state index is 12.0. The molecule has 152 valence electrons. The molecule has 2 aromatic heterocycles. The highest BCUT2D eigenvalue weighted by Crippen LogP contribution is 2.24. The van der Waals surface area contributed by atoms with Gasteiger partial charge in [-0.25, -0.2) is 14.7 Å². The lowest BCUT2D eigenvalue weighted by molar-refractivity contribution is -0.145. The summed E-state index contributed by atoms with van der Waals surface area (Å²) in [5.74, 6) is 1.53. The van der Waals surface area contributed by atoms with E-state index in [9.17, 15) is 4.79 Å². The number of carbonyl (C=O) groups is 1. The normalized spacial score (nSPS) is 19.2. The van der Waals surface area contributed by atoms with E-state index >= 15 is 0 Å². The first kappa shape index (κ1) is 22.1. The molecule has 2 atom stereocenters. The highest BCUT2D eigenvalue weighted by molar-refractivity contribution is 14.0. The number of pyridine rings is 1. The molecule has 3 heterocycles. The summed E-state index contributed by atoms with van der Waals surface area (Å²) in [6.07, 6.45) is 5.35. The van der Waals surface area contributed by atoms with Crippen LogP contribution in [-0.2, 0) is 16.1 Å². The van der Waals surface area contributed by atoms with Gasteiger partial charge in [-0.2, -0.15) is 5.10 Å². The topological polar surface area (TPSA) is 84.6 Å². The molecule has 8 nitrogen and oxygen atoms in total. The van der Waals surface area contributed by atoms with Crippen LogP contribution in [-0.4, -0.2) is 58.3 Å². The molecule has 0 bridgehead atoms. The van der Waals surface area contributed by atoms with E-state index in [1.54, 1.807) is 17.1 Å². The van der Waals surface area contributed by atoms with Gasteiger partial charge in [-0.15, -0.1) is 24.0 Å². The van der Waals surface area contributed by atoms with Crippen LogP contribution in [0.3, 0.4) is 0 Å². The molecule has 1 aliphatic rings. The average Bonchev–Trinajstić information content (AvgIpc) is 3.35. The number of esters is 1. The van der Waals surface area contributed by atoms with E-state index in [0.29, 0.717) is 13.1 Å². The Hall–Kier alpha value is -2.17.